The molecule has 0 radical (unpaired) electrons. The molecular formula is C41H41ClN6O6. The zero-order valence-electron chi connectivity index (χ0n) is 29.8. The fourth-order valence-electron chi connectivity index (χ4n) is 8.56. The second-order valence-electron chi connectivity index (χ2n) is 15.1. The quantitative estimate of drug-likeness (QED) is 0.293. The number of carbonyl (C=O) groups is 5. The molecular weight excluding hydrogens is 708 g/mol. The summed E-state index contributed by atoms with van der Waals surface area (Å²) in [5.41, 5.74) is 4.78. The lowest BCUT2D eigenvalue weighted by Crippen LogP contribution is -2.54. The summed E-state index contributed by atoms with van der Waals surface area (Å²) < 4.78 is 6.13. The van der Waals surface area contributed by atoms with E-state index in [0.29, 0.717) is 71.2 Å². The molecule has 4 aliphatic heterocycles. The van der Waals surface area contributed by atoms with Gasteiger partial charge in [-0.3, -0.25) is 39.1 Å². The standard InChI is InChI=1S/C41H41ClN6O6/c42-35-19-32(8-3-26(35)20-43)54-31-9-6-30(7-10-31)44-29-4-1-25(2-5-29)39(51)47-15-13-24(14-16-47)21-46-22-27-17-33-34(18-28(27)23-46)41(53)48(40(33)52)36-11-12-37(49)45-38(36)50/h1-5,8,17-19,24,30-31,36,44H,6-7,9-16,21-23H2,(H,45,49,50). The largest absolute Gasteiger partial charge is 0.490 e. The number of nitriles is 1. The van der Waals surface area contributed by atoms with Crippen molar-refractivity contribution in [2.24, 2.45) is 5.92 Å². The average molecular weight is 749 g/mol. The lowest BCUT2D eigenvalue weighted by Gasteiger charge is -2.34. The molecule has 2 saturated heterocycles. The van der Waals surface area contributed by atoms with Crippen LogP contribution in [-0.2, 0) is 22.7 Å². The van der Waals surface area contributed by atoms with Crippen LogP contribution in [0.3, 0.4) is 0 Å². The van der Waals surface area contributed by atoms with E-state index in [0.717, 1.165) is 66.8 Å². The number of hydrogen-bond donors (Lipinski definition) is 2. The van der Waals surface area contributed by atoms with Crippen LogP contribution in [0.2, 0.25) is 5.02 Å². The number of hydrogen-bond acceptors (Lipinski definition) is 9. The summed E-state index contributed by atoms with van der Waals surface area (Å²) in [4.78, 5) is 69.3. The third-order valence-electron chi connectivity index (χ3n) is 11.5. The number of nitrogens with zero attached hydrogens (tertiary/aromatic N) is 4. The summed E-state index contributed by atoms with van der Waals surface area (Å²) in [6.07, 6.45) is 5.86. The third-order valence-corrected chi connectivity index (χ3v) is 11.8. The van der Waals surface area contributed by atoms with E-state index >= 15 is 0 Å². The van der Waals surface area contributed by atoms with Gasteiger partial charge in [0.25, 0.3) is 17.7 Å². The SMILES string of the molecule is N#Cc1ccc(OC2CCC(Nc3ccc(C(=O)N4CCC(CN5Cc6cc7c(cc6C5)C(=O)N(C5CCC(=O)NC5=O)C7=O)CC4)cc3)CC2)cc1Cl. The van der Waals surface area contributed by atoms with E-state index in [1.54, 1.807) is 30.3 Å². The second kappa shape index (κ2) is 14.9. The van der Waals surface area contributed by atoms with Gasteiger partial charge < -0.3 is 15.0 Å². The molecule has 3 aromatic carbocycles. The Labute approximate surface area is 318 Å². The molecule has 2 N–H and O–H groups in total. The minimum Gasteiger partial charge on any atom is -0.490 e. The normalized spacial score (nSPS) is 23.1. The van der Waals surface area contributed by atoms with E-state index in [1.165, 1.54) is 0 Å². The average Bonchev–Trinajstić information content (AvgIpc) is 3.67. The third kappa shape index (κ3) is 7.18. The molecule has 278 valence electrons. The predicted octanol–water partition coefficient (Wildman–Crippen LogP) is 5.28. The number of anilines is 1. The number of imide groups is 2. The topological polar surface area (TPSA) is 152 Å². The van der Waals surface area contributed by atoms with Gasteiger partial charge >= 0.3 is 0 Å². The highest BCUT2D eigenvalue weighted by Crippen LogP contribution is 2.35. The van der Waals surface area contributed by atoms with Crippen molar-refractivity contribution in [1.29, 1.82) is 5.26 Å². The fraction of sp³-hybridized carbons (Fsp3) is 0.415. The number of nitrogens with one attached hydrogen (secondary N) is 2. The zero-order chi connectivity index (χ0) is 37.5. The van der Waals surface area contributed by atoms with Crippen molar-refractivity contribution in [3.8, 4) is 11.8 Å². The molecule has 13 heteroatoms. The Kier molecular flexibility index (Phi) is 9.85. The molecule has 4 heterocycles. The van der Waals surface area contributed by atoms with Crippen molar-refractivity contribution in [1.82, 2.24) is 20.0 Å². The maximum atomic E-state index is 13.4. The van der Waals surface area contributed by atoms with Gasteiger partial charge in [-0.15, -0.1) is 0 Å². The van der Waals surface area contributed by atoms with Crippen LogP contribution in [0.5, 0.6) is 5.75 Å². The van der Waals surface area contributed by atoms with Gasteiger partial charge in [-0.25, -0.2) is 0 Å². The molecule has 3 aromatic rings. The molecule has 3 fully saturated rings. The first-order chi connectivity index (χ1) is 26.1. The number of amides is 5. The van der Waals surface area contributed by atoms with Crippen LogP contribution >= 0.6 is 11.6 Å². The van der Waals surface area contributed by atoms with Crippen molar-refractivity contribution >= 4 is 46.8 Å². The van der Waals surface area contributed by atoms with Gasteiger partial charge in [0.2, 0.25) is 11.8 Å². The van der Waals surface area contributed by atoms with E-state index < -0.39 is 29.7 Å². The maximum Gasteiger partial charge on any atom is 0.262 e. The Morgan fingerprint density at radius 2 is 1.54 bits per heavy atom. The first kappa shape index (κ1) is 35.8. The molecule has 5 amide bonds. The Hall–Kier alpha value is -5.25. The number of piperidine rings is 2. The van der Waals surface area contributed by atoms with Gasteiger partial charge in [-0.2, -0.15) is 5.26 Å². The highest BCUT2D eigenvalue weighted by Gasteiger charge is 2.45. The number of carbonyl (C=O) groups excluding carboxylic acids is 5. The van der Waals surface area contributed by atoms with Crippen LogP contribution in [0, 0.1) is 17.2 Å². The first-order valence-electron chi connectivity index (χ1n) is 18.8. The van der Waals surface area contributed by atoms with Crippen molar-refractivity contribution < 1.29 is 28.7 Å². The minimum atomic E-state index is -0.970. The Bertz CT molecular complexity index is 2020. The smallest absolute Gasteiger partial charge is 0.262 e. The van der Waals surface area contributed by atoms with Gasteiger partial charge in [0.15, 0.2) is 0 Å². The number of rotatable bonds is 8. The van der Waals surface area contributed by atoms with Crippen LogP contribution in [0.25, 0.3) is 0 Å². The van der Waals surface area contributed by atoms with Crippen LogP contribution in [0.1, 0.15) is 99.1 Å². The van der Waals surface area contributed by atoms with E-state index in [2.05, 4.69) is 21.6 Å². The van der Waals surface area contributed by atoms with Crippen molar-refractivity contribution in [2.45, 2.75) is 82.6 Å². The minimum absolute atomic E-state index is 0.0457. The molecule has 54 heavy (non-hydrogen) atoms. The van der Waals surface area contributed by atoms with Gasteiger partial charge in [-0.05, 0) is 111 Å². The molecule has 1 saturated carbocycles. The molecule has 12 nitrogen and oxygen atoms in total. The summed E-state index contributed by atoms with van der Waals surface area (Å²) in [7, 11) is 0. The lowest BCUT2D eigenvalue weighted by molar-refractivity contribution is -0.136. The summed E-state index contributed by atoms with van der Waals surface area (Å²) in [6, 6.07) is 18.0. The zero-order valence-corrected chi connectivity index (χ0v) is 30.6. The molecule has 0 aromatic heterocycles. The number of benzene rings is 3. The molecule has 1 aliphatic carbocycles. The van der Waals surface area contributed by atoms with Crippen LogP contribution < -0.4 is 15.4 Å². The lowest BCUT2D eigenvalue weighted by atomic mass is 9.92. The summed E-state index contributed by atoms with van der Waals surface area (Å²) >= 11 is 6.16. The molecule has 0 spiro atoms. The predicted molar refractivity (Wildman–Crippen MR) is 199 cm³/mol. The van der Waals surface area contributed by atoms with Crippen molar-refractivity contribution in [3.05, 3.63) is 93.0 Å². The Morgan fingerprint density at radius 1 is 0.870 bits per heavy atom. The Morgan fingerprint density at radius 3 is 2.15 bits per heavy atom. The van der Waals surface area contributed by atoms with Crippen molar-refractivity contribution in [3.63, 3.8) is 0 Å². The number of halogens is 1. The van der Waals surface area contributed by atoms with Gasteiger partial charge in [0.05, 0.1) is 27.8 Å². The van der Waals surface area contributed by atoms with Gasteiger partial charge in [0, 0.05) is 62.5 Å². The van der Waals surface area contributed by atoms with Gasteiger partial charge in [-0.1, -0.05) is 11.6 Å². The van der Waals surface area contributed by atoms with Crippen LogP contribution in [0.4, 0.5) is 5.69 Å². The van der Waals surface area contributed by atoms with Crippen LogP contribution in [-0.4, -0.2) is 82.1 Å². The van der Waals surface area contributed by atoms with E-state index in [9.17, 15) is 24.0 Å². The van der Waals surface area contributed by atoms with E-state index in [1.807, 2.05) is 29.2 Å². The summed E-state index contributed by atoms with van der Waals surface area (Å²) in [5, 5.41) is 15.3. The highest BCUT2D eigenvalue weighted by atomic mass is 35.5. The molecule has 5 aliphatic rings. The molecule has 0 bridgehead atoms. The molecule has 1 unspecified atom stereocenters. The number of ether oxygens (including phenoxy) is 1. The number of likely N-dealkylation sites (tertiary alicyclic amines) is 1. The first-order valence-corrected chi connectivity index (χ1v) is 19.1. The highest BCUT2D eigenvalue weighted by molar-refractivity contribution is 6.31. The maximum absolute atomic E-state index is 13.4. The summed E-state index contributed by atoms with van der Waals surface area (Å²) in [6.45, 7) is 3.59. The van der Waals surface area contributed by atoms with Gasteiger partial charge in [0.1, 0.15) is 17.9 Å². The number of fused-ring (bicyclic) bond motifs is 2. The van der Waals surface area contributed by atoms with Crippen molar-refractivity contribution in [2.75, 3.05) is 25.0 Å². The van der Waals surface area contributed by atoms with E-state index in [-0.39, 0.29) is 24.9 Å². The summed E-state index contributed by atoms with van der Waals surface area (Å²) in [5.74, 6) is -0.806. The van der Waals surface area contributed by atoms with Crippen LogP contribution in [0.15, 0.2) is 54.6 Å². The second-order valence-corrected chi connectivity index (χ2v) is 15.5. The molecule has 8 rings (SSSR count). The van der Waals surface area contributed by atoms with E-state index in [4.69, 9.17) is 21.6 Å². The molecule has 1 atom stereocenters. The monoisotopic (exact) mass is 748 g/mol. The fourth-order valence-corrected chi connectivity index (χ4v) is 8.77. The Balaban J connectivity index is 0.779.